The number of nitrogens with zero attached hydrogens (tertiary/aromatic N) is 2. The second kappa shape index (κ2) is 5.93. The average molecular weight is 265 g/mol. The Labute approximate surface area is 111 Å². The molecule has 102 valence electrons. The molecule has 0 aliphatic rings. The molecule has 0 aliphatic carbocycles. The van der Waals surface area contributed by atoms with Crippen molar-refractivity contribution in [1.82, 2.24) is 15.1 Å². The minimum absolute atomic E-state index is 0.0909. The maximum Gasteiger partial charge on any atom is 0.130 e. The summed E-state index contributed by atoms with van der Waals surface area (Å²) in [6.45, 7) is 2.55. The zero-order chi connectivity index (χ0) is 13.8. The molecule has 19 heavy (non-hydrogen) atoms. The van der Waals surface area contributed by atoms with Gasteiger partial charge in [0.25, 0.3) is 0 Å². The summed E-state index contributed by atoms with van der Waals surface area (Å²) in [6, 6.07) is 3.55. The van der Waals surface area contributed by atoms with E-state index in [2.05, 4.69) is 10.4 Å². The van der Waals surface area contributed by atoms with Crippen LogP contribution in [0.3, 0.4) is 0 Å². The van der Waals surface area contributed by atoms with Gasteiger partial charge in [-0.05, 0) is 30.7 Å². The fourth-order valence-corrected chi connectivity index (χ4v) is 2.18. The summed E-state index contributed by atoms with van der Waals surface area (Å²) in [5.41, 5.74) is 1.03. The Morgan fingerprint density at radius 1 is 1.32 bits per heavy atom. The highest BCUT2D eigenvalue weighted by molar-refractivity contribution is 5.25. The summed E-state index contributed by atoms with van der Waals surface area (Å²) in [4.78, 5) is 0. The van der Waals surface area contributed by atoms with Crippen molar-refractivity contribution in [1.29, 1.82) is 0 Å². The molecule has 1 N–H and O–H groups in total. The van der Waals surface area contributed by atoms with Gasteiger partial charge in [0, 0.05) is 24.8 Å². The van der Waals surface area contributed by atoms with Crippen molar-refractivity contribution in [3.05, 3.63) is 53.4 Å². The smallest absolute Gasteiger partial charge is 0.130 e. The number of hydrogen-bond acceptors (Lipinski definition) is 2. The number of hydrogen-bond donors (Lipinski definition) is 1. The van der Waals surface area contributed by atoms with E-state index in [1.165, 1.54) is 18.2 Å². The maximum atomic E-state index is 13.8. The van der Waals surface area contributed by atoms with Crippen LogP contribution in [-0.4, -0.2) is 16.3 Å². The van der Waals surface area contributed by atoms with Crippen LogP contribution in [0.1, 0.15) is 24.1 Å². The number of likely N-dealkylation sites (N-methyl/N-ethyl adjacent to an activating group) is 1. The van der Waals surface area contributed by atoms with Crippen molar-refractivity contribution in [3.63, 3.8) is 0 Å². The monoisotopic (exact) mass is 265 g/mol. The Morgan fingerprint density at radius 3 is 2.53 bits per heavy atom. The zero-order valence-corrected chi connectivity index (χ0v) is 11.0. The van der Waals surface area contributed by atoms with Crippen molar-refractivity contribution in [2.75, 3.05) is 6.54 Å². The lowest BCUT2D eigenvalue weighted by molar-refractivity contribution is 0.473. The molecular weight excluding hydrogens is 248 g/mol. The van der Waals surface area contributed by atoms with Crippen LogP contribution in [0, 0.1) is 11.6 Å². The molecule has 1 heterocycles. The van der Waals surface area contributed by atoms with Crippen LogP contribution >= 0.6 is 0 Å². The number of rotatable bonds is 5. The number of aryl methyl sites for hydroxylation is 1. The van der Waals surface area contributed by atoms with Crippen LogP contribution in [0.15, 0.2) is 30.6 Å². The summed E-state index contributed by atoms with van der Waals surface area (Å²) in [6.07, 6.45) is 4.06. The summed E-state index contributed by atoms with van der Waals surface area (Å²) >= 11 is 0. The van der Waals surface area contributed by atoms with Crippen LogP contribution in [-0.2, 0) is 13.5 Å². The number of halogens is 2. The van der Waals surface area contributed by atoms with Crippen LogP contribution in [0.4, 0.5) is 8.78 Å². The van der Waals surface area contributed by atoms with Gasteiger partial charge >= 0.3 is 0 Å². The summed E-state index contributed by atoms with van der Waals surface area (Å²) in [5.74, 6) is -1.04. The Morgan fingerprint density at radius 2 is 2.00 bits per heavy atom. The molecule has 0 radical (unpaired) electrons. The Kier molecular flexibility index (Phi) is 4.27. The van der Waals surface area contributed by atoms with Crippen molar-refractivity contribution in [2.45, 2.75) is 19.4 Å². The van der Waals surface area contributed by atoms with E-state index in [-0.39, 0.29) is 5.56 Å². The lowest BCUT2D eigenvalue weighted by Crippen LogP contribution is -2.25. The molecule has 0 spiro atoms. The van der Waals surface area contributed by atoms with E-state index in [9.17, 15) is 8.78 Å². The van der Waals surface area contributed by atoms with Crippen LogP contribution < -0.4 is 5.32 Å². The fourth-order valence-electron chi connectivity index (χ4n) is 2.18. The Balaban J connectivity index is 2.29. The highest BCUT2D eigenvalue weighted by Gasteiger charge is 2.20. The topological polar surface area (TPSA) is 29.9 Å². The first-order valence-corrected chi connectivity index (χ1v) is 6.26. The standard InChI is InChI=1S/C14H17F2N3/c1-3-17-13(7-10-8-18-19(2)9-10)14-11(15)5-4-6-12(14)16/h4-6,8-9,13,17H,3,7H2,1-2H3. The predicted molar refractivity (Wildman–Crippen MR) is 69.7 cm³/mol. The number of aromatic nitrogens is 2. The zero-order valence-electron chi connectivity index (χ0n) is 11.0. The fraction of sp³-hybridized carbons (Fsp3) is 0.357. The molecule has 3 nitrogen and oxygen atoms in total. The molecule has 1 unspecified atom stereocenters. The largest absolute Gasteiger partial charge is 0.310 e. The van der Waals surface area contributed by atoms with Crippen LogP contribution in [0.2, 0.25) is 0 Å². The molecular formula is C14H17F2N3. The van der Waals surface area contributed by atoms with E-state index < -0.39 is 17.7 Å². The highest BCUT2D eigenvalue weighted by atomic mass is 19.1. The molecule has 0 fully saturated rings. The van der Waals surface area contributed by atoms with Crippen molar-refractivity contribution in [3.8, 4) is 0 Å². The normalized spacial score (nSPS) is 12.6. The van der Waals surface area contributed by atoms with Gasteiger partial charge in [0.2, 0.25) is 0 Å². The average Bonchev–Trinajstić information content (AvgIpc) is 2.75. The van der Waals surface area contributed by atoms with Gasteiger partial charge in [-0.25, -0.2) is 8.78 Å². The quantitative estimate of drug-likeness (QED) is 0.900. The second-order valence-corrected chi connectivity index (χ2v) is 4.47. The van der Waals surface area contributed by atoms with Gasteiger partial charge in [-0.3, -0.25) is 4.68 Å². The summed E-state index contributed by atoms with van der Waals surface area (Å²) < 4.78 is 29.3. The maximum absolute atomic E-state index is 13.8. The third kappa shape index (κ3) is 3.17. The van der Waals surface area contributed by atoms with E-state index >= 15 is 0 Å². The molecule has 1 atom stereocenters. The molecule has 0 aliphatic heterocycles. The van der Waals surface area contributed by atoms with Crippen LogP contribution in [0.5, 0.6) is 0 Å². The molecule has 0 saturated heterocycles. The molecule has 0 amide bonds. The lowest BCUT2D eigenvalue weighted by Gasteiger charge is -2.19. The Hall–Kier alpha value is -1.75. The molecule has 0 saturated carbocycles. The Bertz CT molecular complexity index is 531. The molecule has 5 heteroatoms. The summed E-state index contributed by atoms with van der Waals surface area (Å²) in [5, 5.41) is 7.19. The van der Waals surface area contributed by atoms with Gasteiger partial charge in [0.05, 0.1) is 6.20 Å². The first-order valence-electron chi connectivity index (χ1n) is 6.26. The van der Waals surface area contributed by atoms with Gasteiger partial charge in [0.1, 0.15) is 11.6 Å². The van der Waals surface area contributed by atoms with E-state index in [1.54, 1.807) is 10.9 Å². The van der Waals surface area contributed by atoms with Crippen LogP contribution in [0.25, 0.3) is 0 Å². The molecule has 1 aromatic heterocycles. The SMILES string of the molecule is CCNC(Cc1cnn(C)c1)c1c(F)cccc1F. The first kappa shape index (κ1) is 13.7. The third-order valence-corrected chi connectivity index (χ3v) is 3.00. The van der Waals surface area contributed by atoms with Gasteiger partial charge in [0.15, 0.2) is 0 Å². The van der Waals surface area contributed by atoms with Crippen molar-refractivity contribution in [2.24, 2.45) is 7.05 Å². The second-order valence-electron chi connectivity index (χ2n) is 4.47. The van der Waals surface area contributed by atoms with Crippen molar-refractivity contribution >= 4 is 0 Å². The summed E-state index contributed by atoms with van der Waals surface area (Å²) in [7, 11) is 1.81. The van der Waals surface area contributed by atoms with Gasteiger partial charge in [-0.1, -0.05) is 13.0 Å². The lowest BCUT2D eigenvalue weighted by atomic mass is 9.99. The predicted octanol–water partition coefficient (Wildman–Crippen LogP) is 2.59. The van der Waals surface area contributed by atoms with Crippen molar-refractivity contribution < 1.29 is 8.78 Å². The van der Waals surface area contributed by atoms with E-state index in [0.717, 1.165) is 5.56 Å². The third-order valence-electron chi connectivity index (χ3n) is 3.00. The van der Waals surface area contributed by atoms with E-state index in [0.29, 0.717) is 13.0 Å². The highest BCUT2D eigenvalue weighted by Crippen LogP contribution is 2.24. The molecule has 0 bridgehead atoms. The first-order chi connectivity index (χ1) is 9.11. The van der Waals surface area contributed by atoms with E-state index in [4.69, 9.17) is 0 Å². The van der Waals surface area contributed by atoms with Gasteiger partial charge < -0.3 is 5.32 Å². The minimum atomic E-state index is -0.519. The van der Waals surface area contributed by atoms with Gasteiger partial charge in [-0.2, -0.15) is 5.10 Å². The van der Waals surface area contributed by atoms with E-state index in [1.807, 2.05) is 20.2 Å². The van der Waals surface area contributed by atoms with Gasteiger partial charge in [-0.15, -0.1) is 0 Å². The molecule has 2 aromatic rings. The molecule has 1 aromatic carbocycles. The minimum Gasteiger partial charge on any atom is -0.310 e. The number of nitrogens with one attached hydrogen (secondary N) is 1. The molecule has 2 rings (SSSR count). The number of benzene rings is 1.